The van der Waals surface area contributed by atoms with Crippen molar-refractivity contribution in [3.05, 3.63) is 82.9 Å². The molecule has 0 bridgehead atoms. The molecule has 0 amide bonds. The third-order valence-corrected chi connectivity index (χ3v) is 5.76. The van der Waals surface area contributed by atoms with Crippen LogP contribution in [0.25, 0.3) is 0 Å². The van der Waals surface area contributed by atoms with E-state index in [9.17, 15) is 4.79 Å². The molecule has 26 heavy (non-hydrogen) atoms. The number of benzene rings is 2. The lowest BCUT2D eigenvalue weighted by atomic mass is 9.91. The Labute approximate surface area is 156 Å². The molecule has 0 atom stereocenters. The summed E-state index contributed by atoms with van der Waals surface area (Å²) in [6, 6.07) is 18.8. The number of carbonyl (C=O) groups excluding carboxylic acids is 1. The summed E-state index contributed by atoms with van der Waals surface area (Å²) in [6.07, 6.45) is 7.66. The fourth-order valence-corrected chi connectivity index (χ4v) is 4.28. The summed E-state index contributed by atoms with van der Waals surface area (Å²) in [5.41, 5.74) is 4.59. The molecule has 0 spiro atoms. The van der Waals surface area contributed by atoms with Crippen LogP contribution in [0.2, 0.25) is 0 Å². The molecule has 2 nitrogen and oxygen atoms in total. The Hall–Kier alpha value is -2.19. The van der Waals surface area contributed by atoms with Gasteiger partial charge in [0.15, 0.2) is 5.78 Å². The van der Waals surface area contributed by atoms with Crippen molar-refractivity contribution in [3.8, 4) is 0 Å². The molecule has 134 valence electrons. The Morgan fingerprint density at radius 3 is 2.46 bits per heavy atom. The Bertz CT molecular complexity index is 785. The SMILES string of the molecule is O=C1/C(=C/C2CCN(Cc3ccccc3)CC2)CCCc2ccccc21. The first-order valence-electron chi connectivity index (χ1n) is 9.89. The van der Waals surface area contributed by atoms with E-state index in [2.05, 4.69) is 47.4 Å². The molecule has 0 saturated carbocycles. The van der Waals surface area contributed by atoms with Crippen molar-refractivity contribution < 1.29 is 4.79 Å². The minimum absolute atomic E-state index is 0.268. The van der Waals surface area contributed by atoms with Crippen LogP contribution in [0.1, 0.15) is 47.2 Å². The van der Waals surface area contributed by atoms with Gasteiger partial charge in [0.05, 0.1) is 0 Å². The van der Waals surface area contributed by atoms with Crippen LogP contribution in [-0.2, 0) is 13.0 Å². The second-order valence-corrected chi connectivity index (χ2v) is 7.63. The maximum Gasteiger partial charge on any atom is 0.188 e. The average molecular weight is 345 g/mol. The average Bonchev–Trinajstić information content (AvgIpc) is 2.84. The number of hydrogen-bond acceptors (Lipinski definition) is 2. The van der Waals surface area contributed by atoms with E-state index >= 15 is 0 Å². The van der Waals surface area contributed by atoms with E-state index in [4.69, 9.17) is 0 Å². The van der Waals surface area contributed by atoms with Crippen LogP contribution in [0.15, 0.2) is 66.2 Å². The lowest BCUT2D eigenvalue weighted by Crippen LogP contribution is -2.32. The Balaban J connectivity index is 1.39. The van der Waals surface area contributed by atoms with Gasteiger partial charge in [-0.1, -0.05) is 60.7 Å². The fourth-order valence-electron chi connectivity index (χ4n) is 4.28. The first kappa shape index (κ1) is 17.2. The van der Waals surface area contributed by atoms with Crippen LogP contribution in [0, 0.1) is 5.92 Å². The van der Waals surface area contributed by atoms with Gasteiger partial charge in [-0.25, -0.2) is 0 Å². The van der Waals surface area contributed by atoms with Crippen molar-refractivity contribution in [3.63, 3.8) is 0 Å². The van der Waals surface area contributed by atoms with Crippen molar-refractivity contribution in [2.24, 2.45) is 5.92 Å². The third-order valence-electron chi connectivity index (χ3n) is 5.76. The van der Waals surface area contributed by atoms with E-state index in [1.165, 1.54) is 11.1 Å². The molecule has 1 saturated heterocycles. The number of aryl methyl sites for hydroxylation is 1. The van der Waals surface area contributed by atoms with Gasteiger partial charge in [0.2, 0.25) is 0 Å². The normalized spacial score (nSPS) is 20.8. The highest BCUT2D eigenvalue weighted by Gasteiger charge is 2.23. The predicted molar refractivity (Wildman–Crippen MR) is 106 cm³/mol. The van der Waals surface area contributed by atoms with Crippen LogP contribution in [0.5, 0.6) is 0 Å². The zero-order valence-corrected chi connectivity index (χ0v) is 15.4. The number of hydrogen-bond donors (Lipinski definition) is 0. The molecule has 2 aromatic rings. The number of ketones is 1. The van der Waals surface area contributed by atoms with E-state index in [1.54, 1.807) is 0 Å². The summed E-state index contributed by atoms with van der Waals surface area (Å²) in [6.45, 7) is 3.28. The van der Waals surface area contributed by atoms with Crippen molar-refractivity contribution >= 4 is 5.78 Å². The number of carbonyl (C=O) groups is 1. The molecule has 4 rings (SSSR count). The number of rotatable bonds is 3. The van der Waals surface area contributed by atoms with Gasteiger partial charge in [0.1, 0.15) is 0 Å². The number of fused-ring (bicyclic) bond motifs is 1. The fraction of sp³-hybridized carbons (Fsp3) is 0.375. The minimum Gasteiger partial charge on any atom is -0.299 e. The van der Waals surface area contributed by atoms with Crippen LogP contribution in [0.4, 0.5) is 0 Å². The van der Waals surface area contributed by atoms with E-state index in [0.29, 0.717) is 5.92 Å². The van der Waals surface area contributed by atoms with Gasteiger partial charge >= 0.3 is 0 Å². The Morgan fingerprint density at radius 2 is 1.65 bits per heavy atom. The number of Topliss-reactive ketones (excluding diaryl/α,β-unsaturated/α-hetero) is 1. The van der Waals surface area contributed by atoms with Gasteiger partial charge in [-0.2, -0.15) is 0 Å². The first-order valence-corrected chi connectivity index (χ1v) is 9.89. The van der Waals surface area contributed by atoms with Crippen molar-refractivity contribution in [1.82, 2.24) is 4.90 Å². The number of likely N-dealkylation sites (tertiary alicyclic amines) is 1. The summed E-state index contributed by atoms with van der Waals surface area (Å²) >= 11 is 0. The Kier molecular flexibility index (Phi) is 5.31. The monoisotopic (exact) mass is 345 g/mol. The van der Waals surface area contributed by atoms with Crippen molar-refractivity contribution in [2.45, 2.75) is 38.6 Å². The zero-order chi connectivity index (χ0) is 17.8. The molecule has 0 radical (unpaired) electrons. The number of nitrogens with zero attached hydrogens (tertiary/aromatic N) is 1. The van der Waals surface area contributed by atoms with Crippen LogP contribution in [-0.4, -0.2) is 23.8 Å². The van der Waals surface area contributed by atoms with Gasteiger partial charge in [0, 0.05) is 12.1 Å². The van der Waals surface area contributed by atoms with Gasteiger partial charge < -0.3 is 0 Å². The second kappa shape index (κ2) is 8.01. The molecule has 0 unspecified atom stereocenters. The largest absolute Gasteiger partial charge is 0.299 e. The van der Waals surface area contributed by atoms with Gasteiger partial charge in [-0.05, 0) is 67.8 Å². The molecule has 1 fully saturated rings. The lowest BCUT2D eigenvalue weighted by Gasteiger charge is -2.31. The van der Waals surface area contributed by atoms with Crippen LogP contribution >= 0.6 is 0 Å². The summed E-state index contributed by atoms with van der Waals surface area (Å²) in [5.74, 6) is 0.816. The molecule has 0 N–H and O–H groups in total. The second-order valence-electron chi connectivity index (χ2n) is 7.63. The summed E-state index contributed by atoms with van der Waals surface area (Å²) < 4.78 is 0. The molecular formula is C24H27NO. The zero-order valence-electron chi connectivity index (χ0n) is 15.4. The van der Waals surface area contributed by atoms with E-state index in [0.717, 1.165) is 62.9 Å². The van der Waals surface area contributed by atoms with Crippen molar-refractivity contribution in [1.29, 1.82) is 0 Å². The lowest BCUT2D eigenvalue weighted by molar-refractivity contribution is 0.103. The molecule has 1 aliphatic heterocycles. The van der Waals surface area contributed by atoms with E-state index in [1.807, 2.05) is 18.2 Å². The molecular weight excluding hydrogens is 318 g/mol. The molecule has 2 aromatic carbocycles. The summed E-state index contributed by atoms with van der Waals surface area (Å²) in [5, 5.41) is 0. The predicted octanol–water partition coefficient (Wildman–Crippen LogP) is 5.04. The van der Waals surface area contributed by atoms with Crippen molar-refractivity contribution in [2.75, 3.05) is 13.1 Å². The quantitative estimate of drug-likeness (QED) is 0.573. The maximum absolute atomic E-state index is 12.9. The highest BCUT2D eigenvalue weighted by molar-refractivity contribution is 6.09. The number of piperidine rings is 1. The molecule has 2 aliphatic rings. The van der Waals surface area contributed by atoms with Gasteiger partial charge in [0.25, 0.3) is 0 Å². The first-order chi connectivity index (χ1) is 12.8. The standard InChI is InChI=1S/C24H27NO/c26-24-22(11-6-10-21-9-4-5-12-23(21)24)17-19-13-15-25(16-14-19)18-20-7-2-1-3-8-20/h1-5,7-9,12,17,19H,6,10-11,13-16,18H2/b22-17+. The van der Waals surface area contributed by atoms with Gasteiger partial charge in [-0.15, -0.1) is 0 Å². The smallest absolute Gasteiger partial charge is 0.188 e. The highest BCUT2D eigenvalue weighted by atomic mass is 16.1. The maximum atomic E-state index is 12.9. The van der Waals surface area contributed by atoms with E-state index < -0.39 is 0 Å². The Morgan fingerprint density at radius 1 is 0.923 bits per heavy atom. The summed E-state index contributed by atoms with van der Waals surface area (Å²) in [7, 11) is 0. The van der Waals surface area contributed by atoms with E-state index in [-0.39, 0.29) is 5.78 Å². The third kappa shape index (κ3) is 3.96. The molecule has 1 heterocycles. The minimum atomic E-state index is 0.268. The van der Waals surface area contributed by atoms with Gasteiger partial charge in [-0.3, -0.25) is 9.69 Å². The highest BCUT2D eigenvalue weighted by Crippen LogP contribution is 2.28. The molecule has 0 aromatic heterocycles. The molecule has 2 heteroatoms. The van der Waals surface area contributed by atoms with Crippen LogP contribution in [0.3, 0.4) is 0 Å². The van der Waals surface area contributed by atoms with Crippen LogP contribution < -0.4 is 0 Å². The topological polar surface area (TPSA) is 20.3 Å². The summed E-state index contributed by atoms with van der Waals surface area (Å²) in [4.78, 5) is 15.5. The molecule has 1 aliphatic carbocycles. The number of allylic oxidation sites excluding steroid dienone is 2.